The molecule has 0 heterocycles. The number of benzene rings is 1. The van der Waals surface area contributed by atoms with E-state index in [1.165, 1.54) is 0 Å². The van der Waals surface area contributed by atoms with E-state index >= 15 is 0 Å². The van der Waals surface area contributed by atoms with Crippen LogP contribution < -0.4 is 4.74 Å². The summed E-state index contributed by atoms with van der Waals surface area (Å²) < 4.78 is 30.5. The van der Waals surface area contributed by atoms with Crippen LogP contribution in [0, 0.1) is 5.92 Å². The first-order valence-corrected chi connectivity index (χ1v) is 6.75. The van der Waals surface area contributed by atoms with Crippen LogP contribution in [0.5, 0.6) is 5.75 Å². The van der Waals surface area contributed by atoms with Gasteiger partial charge < -0.3 is 9.64 Å². The lowest BCUT2D eigenvalue weighted by Gasteiger charge is -2.22. The van der Waals surface area contributed by atoms with Gasteiger partial charge >= 0.3 is 0 Å². The second-order valence-electron chi connectivity index (χ2n) is 4.94. The van der Waals surface area contributed by atoms with Gasteiger partial charge in [0.2, 0.25) is 0 Å². The molecule has 0 unspecified atom stereocenters. The number of carbonyl (C=O) groups excluding carboxylic acids is 1. The maximum Gasteiger partial charge on any atom is 0.257 e. The highest BCUT2D eigenvalue weighted by Crippen LogP contribution is 2.21. The number of halogens is 2. The smallest absolute Gasteiger partial charge is 0.257 e. The van der Waals surface area contributed by atoms with Crippen molar-refractivity contribution in [3.63, 3.8) is 0 Å². The Balaban J connectivity index is 2.90. The van der Waals surface area contributed by atoms with E-state index in [0.717, 1.165) is 4.90 Å². The number of hydrogen-bond donors (Lipinski definition) is 0. The van der Waals surface area contributed by atoms with Crippen molar-refractivity contribution in [2.24, 2.45) is 5.92 Å². The minimum atomic E-state index is -2.54. The highest BCUT2D eigenvalue weighted by molar-refractivity contribution is 5.96. The van der Waals surface area contributed by atoms with Crippen molar-refractivity contribution in [1.82, 2.24) is 4.90 Å². The van der Waals surface area contributed by atoms with E-state index in [-0.39, 0.29) is 6.54 Å². The molecule has 3 nitrogen and oxygen atoms in total. The summed E-state index contributed by atoms with van der Waals surface area (Å²) in [6.45, 7) is 5.83. The van der Waals surface area contributed by atoms with Gasteiger partial charge in [-0.15, -0.1) is 0 Å². The summed E-state index contributed by atoms with van der Waals surface area (Å²) in [5.74, 6) is 0.340. The predicted molar refractivity (Wildman–Crippen MR) is 74.4 cm³/mol. The molecule has 0 radical (unpaired) electrons. The fraction of sp³-hybridized carbons (Fsp3) is 0.533. The van der Waals surface area contributed by atoms with Crippen LogP contribution in [0.1, 0.15) is 31.1 Å². The summed E-state index contributed by atoms with van der Waals surface area (Å²) >= 11 is 0. The summed E-state index contributed by atoms with van der Waals surface area (Å²) in [6, 6.07) is 6.75. The Bertz CT molecular complexity index is 436. The molecule has 0 aromatic heterocycles. The predicted octanol–water partition coefficient (Wildman–Crippen LogP) is 3.45. The standard InChI is InChI=1S/C15H21F2NO2/c1-4-18(9-14(16)17)15(19)12-7-5-6-8-13(12)20-10-11(2)3/h5-8,11,14H,4,9-10H2,1-3H3. The fourth-order valence-electron chi connectivity index (χ4n) is 1.72. The van der Waals surface area contributed by atoms with Gasteiger partial charge in [-0.2, -0.15) is 0 Å². The molecule has 0 atom stereocenters. The lowest BCUT2D eigenvalue weighted by Crippen LogP contribution is -2.35. The molecule has 0 saturated carbocycles. The van der Waals surface area contributed by atoms with E-state index in [9.17, 15) is 13.6 Å². The minimum Gasteiger partial charge on any atom is -0.492 e. The molecule has 5 heteroatoms. The van der Waals surface area contributed by atoms with Crippen LogP contribution in [0.25, 0.3) is 0 Å². The molecule has 0 bridgehead atoms. The zero-order valence-corrected chi connectivity index (χ0v) is 12.1. The normalized spacial score (nSPS) is 10.9. The van der Waals surface area contributed by atoms with Gasteiger partial charge in [-0.3, -0.25) is 4.79 Å². The molecule has 0 aliphatic carbocycles. The summed E-state index contributed by atoms with van der Waals surface area (Å²) in [7, 11) is 0. The summed E-state index contributed by atoms with van der Waals surface area (Å²) in [5.41, 5.74) is 0.329. The first-order chi connectivity index (χ1) is 9.45. The molecule has 20 heavy (non-hydrogen) atoms. The molecule has 1 amide bonds. The van der Waals surface area contributed by atoms with Crippen LogP contribution in [0.2, 0.25) is 0 Å². The van der Waals surface area contributed by atoms with Crippen molar-refractivity contribution < 1.29 is 18.3 Å². The average molecular weight is 285 g/mol. The van der Waals surface area contributed by atoms with E-state index in [0.29, 0.717) is 23.8 Å². The lowest BCUT2D eigenvalue weighted by molar-refractivity contribution is 0.0565. The third kappa shape index (κ3) is 4.79. The highest BCUT2D eigenvalue weighted by Gasteiger charge is 2.21. The molecule has 0 saturated heterocycles. The Labute approximate surface area is 118 Å². The first kappa shape index (κ1) is 16.4. The Kier molecular flexibility index (Phi) is 6.42. The monoisotopic (exact) mass is 285 g/mol. The molecule has 1 aromatic carbocycles. The second kappa shape index (κ2) is 7.82. The van der Waals surface area contributed by atoms with E-state index in [1.54, 1.807) is 31.2 Å². The van der Waals surface area contributed by atoms with Crippen molar-refractivity contribution >= 4 is 5.91 Å². The van der Waals surface area contributed by atoms with Crippen LogP contribution >= 0.6 is 0 Å². The first-order valence-electron chi connectivity index (χ1n) is 6.75. The number of nitrogens with zero attached hydrogens (tertiary/aromatic N) is 1. The third-order valence-corrected chi connectivity index (χ3v) is 2.72. The zero-order valence-electron chi connectivity index (χ0n) is 12.1. The van der Waals surface area contributed by atoms with Gasteiger partial charge in [0, 0.05) is 6.54 Å². The quantitative estimate of drug-likeness (QED) is 0.768. The molecule has 0 fully saturated rings. The van der Waals surface area contributed by atoms with Crippen LogP contribution in [0.15, 0.2) is 24.3 Å². The number of carbonyl (C=O) groups is 1. The summed E-state index contributed by atoms with van der Waals surface area (Å²) in [6.07, 6.45) is -2.54. The van der Waals surface area contributed by atoms with Crippen molar-refractivity contribution in [2.45, 2.75) is 27.2 Å². The van der Waals surface area contributed by atoms with Crippen LogP contribution in [-0.2, 0) is 0 Å². The Morgan fingerprint density at radius 1 is 1.30 bits per heavy atom. The molecule has 112 valence electrons. The van der Waals surface area contributed by atoms with E-state index in [1.807, 2.05) is 13.8 Å². The average Bonchev–Trinajstić information content (AvgIpc) is 2.41. The number of para-hydroxylation sites is 1. The Hall–Kier alpha value is -1.65. The largest absolute Gasteiger partial charge is 0.492 e. The molecule has 1 rings (SSSR count). The van der Waals surface area contributed by atoms with Crippen LogP contribution in [0.4, 0.5) is 8.78 Å². The van der Waals surface area contributed by atoms with Gasteiger partial charge in [-0.1, -0.05) is 26.0 Å². The molecule has 0 aliphatic rings. The van der Waals surface area contributed by atoms with E-state index in [4.69, 9.17) is 4.74 Å². The molecule has 0 N–H and O–H groups in total. The van der Waals surface area contributed by atoms with Gasteiger partial charge in [0.15, 0.2) is 0 Å². The van der Waals surface area contributed by atoms with Gasteiger partial charge in [-0.25, -0.2) is 8.78 Å². The van der Waals surface area contributed by atoms with Gasteiger partial charge in [0.1, 0.15) is 5.75 Å². The Morgan fingerprint density at radius 3 is 2.50 bits per heavy atom. The molecular weight excluding hydrogens is 264 g/mol. The van der Waals surface area contributed by atoms with E-state index < -0.39 is 18.9 Å². The van der Waals surface area contributed by atoms with Crippen molar-refractivity contribution in [1.29, 1.82) is 0 Å². The summed E-state index contributed by atoms with van der Waals surface area (Å²) in [5, 5.41) is 0. The number of alkyl halides is 2. The van der Waals surface area contributed by atoms with Crippen molar-refractivity contribution in [2.75, 3.05) is 19.7 Å². The zero-order chi connectivity index (χ0) is 15.1. The highest BCUT2D eigenvalue weighted by atomic mass is 19.3. The van der Waals surface area contributed by atoms with Crippen molar-refractivity contribution in [3.8, 4) is 5.75 Å². The number of amides is 1. The summed E-state index contributed by atoms with van der Waals surface area (Å²) in [4.78, 5) is 13.4. The molecule has 0 aliphatic heterocycles. The maximum atomic E-state index is 12.5. The topological polar surface area (TPSA) is 29.5 Å². The number of rotatable bonds is 7. The van der Waals surface area contributed by atoms with Gasteiger partial charge in [0.05, 0.1) is 18.7 Å². The second-order valence-corrected chi connectivity index (χ2v) is 4.94. The number of ether oxygens (including phenoxy) is 1. The molecule has 0 spiro atoms. The molecule has 1 aromatic rings. The fourth-order valence-corrected chi connectivity index (χ4v) is 1.72. The number of hydrogen-bond acceptors (Lipinski definition) is 2. The van der Waals surface area contributed by atoms with E-state index in [2.05, 4.69) is 0 Å². The van der Waals surface area contributed by atoms with Crippen LogP contribution in [0.3, 0.4) is 0 Å². The molecular formula is C15H21F2NO2. The lowest BCUT2D eigenvalue weighted by atomic mass is 10.1. The van der Waals surface area contributed by atoms with Crippen molar-refractivity contribution in [3.05, 3.63) is 29.8 Å². The van der Waals surface area contributed by atoms with Gasteiger partial charge in [0.25, 0.3) is 12.3 Å². The van der Waals surface area contributed by atoms with Gasteiger partial charge in [-0.05, 0) is 25.0 Å². The maximum absolute atomic E-state index is 12.5. The Morgan fingerprint density at radius 2 is 1.95 bits per heavy atom. The van der Waals surface area contributed by atoms with Crippen LogP contribution in [-0.4, -0.2) is 36.9 Å². The minimum absolute atomic E-state index is 0.238. The third-order valence-electron chi connectivity index (χ3n) is 2.72. The SMILES string of the molecule is CCN(CC(F)F)C(=O)c1ccccc1OCC(C)C.